The third kappa shape index (κ3) is 6.73. The number of nitrogens with zero attached hydrogens (tertiary/aromatic N) is 2. The molecule has 2 rings (SSSR count). The molecule has 1 fully saturated rings. The number of guanidine groups is 1. The second-order valence-electron chi connectivity index (χ2n) is 6.39. The van der Waals surface area contributed by atoms with Crippen LogP contribution in [0.3, 0.4) is 0 Å². The first-order valence-electron chi connectivity index (χ1n) is 9.03. The Kier molecular flexibility index (Phi) is 9.94. The van der Waals surface area contributed by atoms with Crippen LogP contribution in [0.4, 0.5) is 0 Å². The van der Waals surface area contributed by atoms with Crippen molar-refractivity contribution >= 4 is 40.0 Å². The summed E-state index contributed by atoms with van der Waals surface area (Å²) >= 11 is 0. The first kappa shape index (κ1) is 23.2. The smallest absolute Gasteiger partial charge is 0.216 e. The minimum Gasteiger partial charge on any atom is -0.469 e. The van der Waals surface area contributed by atoms with Crippen molar-refractivity contribution in [3.05, 3.63) is 24.2 Å². The minimum absolute atomic E-state index is 0. The molecule has 2 atom stereocenters. The molecule has 150 valence electrons. The van der Waals surface area contributed by atoms with Crippen LogP contribution in [0, 0.1) is 0 Å². The summed E-state index contributed by atoms with van der Waals surface area (Å²) in [5.41, 5.74) is 0. The van der Waals surface area contributed by atoms with Crippen LogP contribution in [0.1, 0.15) is 39.4 Å². The summed E-state index contributed by atoms with van der Waals surface area (Å²) in [5, 5.41) is 3.04. The fraction of sp³-hybridized carbons (Fsp3) is 0.706. The molecule has 1 saturated heterocycles. The molecule has 1 aromatic rings. The number of hydrogen-bond donors (Lipinski definition) is 2. The lowest BCUT2D eigenvalue weighted by molar-refractivity contribution is 0.469. The highest BCUT2D eigenvalue weighted by Gasteiger charge is 2.34. The standard InChI is InChI=1S/C17H30N4O3S.HI/c1-4-14(3)20-17(18-10-8-15-7-6-12-24-15)21-11-9-16(13-21)25(22,23)19-5-2;/h6-7,12,14,16,19H,4-5,8-11,13H2,1-3H3,(H,18,20);1H. The van der Waals surface area contributed by atoms with Gasteiger partial charge in [0.15, 0.2) is 5.96 Å². The molecule has 2 heterocycles. The number of likely N-dealkylation sites (tertiary alicyclic amines) is 1. The van der Waals surface area contributed by atoms with Gasteiger partial charge in [-0.3, -0.25) is 4.99 Å². The molecule has 1 aromatic heterocycles. The second-order valence-corrected chi connectivity index (χ2v) is 8.43. The Balaban J connectivity index is 0.00000338. The molecule has 26 heavy (non-hydrogen) atoms. The van der Waals surface area contributed by atoms with Gasteiger partial charge >= 0.3 is 0 Å². The number of halogens is 1. The summed E-state index contributed by atoms with van der Waals surface area (Å²) in [6.07, 6.45) is 3.98. The van der Waals surface area contributed by atoms with Crippen LogP contribution in [0.5, 0.6) is 0 Å². The van der Waals surface area contributed by atoms with E-state index >= 15 is 0 Å². The van der Waals surface area contributed by atoms with Crippen LogP contribution in [-0.4, -0.2) is 56.7 Å². The van der Waals surface area contributed by atoms with Crippen molar-refractivity contribution < 1.29 is 12.8 Å². The van der Waals surface area contributed by atoms with E-state index < -0.39 is 10.0 Å². The van der Waals surface area contributed by atoms with Crippen molar-refractivity contribution in [2.75, 3.05) is 26.2 Å². The van der Waals surface area contributed by atoms with E-state index in [9.17, 15) is 8.42 Å². The van der Waals surface area contributed by atoms with Gasteiger partial charge in [0.1, 0.15) is 5.76 Å². The zero-order valence-electron chi connectivity index (χ0n) is 15.8. The van der Waals surface area contributed by atoms with Crippen molar-refractivity contribution in [1.29, 1.82) is 0 Å². The normalized spacial score (nSPS) is 19.3. The van der Waals surface area contributed by atoms with Crippen LogP contribution < -0.4 is 10.0 Å². The summed E-state index contributed by atoms with van der Waals surface area (Å²) in [4.78, 5) is 6.74. The van der Waals surface area contributed by atoms with Crippen LogP contribution in [0.25, 0.3) is 0 Å². The number of aliphatic imine (C=N–C) groups is 1. The number of sulfonamides is 1. The van der Waals surface area contributed by atoms with Crippen molar-refractivity contribution in [3.8, 4) is 0 Å². The van der Waals surface area contributed by atoms with Gasteiger partial charge in [0.25, 0.3) is 0 Å². The zero-order chi connectivity index (χ0) is 18.3. The van der Waals surface area contributed by atoms with Gasteiger partial charge in [0, 0.05) is 38.6 Å². The molecular formula is C17H31IN4O3S. The lowest BCUT2D eigenvalue weighted by Gasteiger charge is -2.25. The SMILES string of the molecule is CCNS(=O)(=O)C1CCN(C(=NCCc2ccco2)NC(C)CC)C1.I. The van der Waals surface area contributed by atoms with E-state index in [4.69, 9.17) is 4.42 Å². The molecule has 0 bridgehead atoms. The molecule has 0 aliphatic carbocycles. The summed E-state index contributed by atoms with van der Waals surface area (Å²) in [5.74, 6) is 1.69. The van der Waals surface area contributed by atoms with Crippen molar-refractivity contribution in [3.63, 3.8) is 0 Å². The van der Waals surface area contributed by atoms with Gasteiger partial charge in [0.2, 0.25) is 10.0 Å². The Hall–Kier alpha value is -0.810. The lowest BCUT2D eigenvalue weighted by atomic mass is 10.3. The molecular weight excluding hydrogens is 467 g/mol. The summed E-state index contributed by atoms with van der Waals surface area (Å²) in [7, 11) is -3.26. The first-order chi connectivity index (χ1) is 12.0. The molecule has 9 heteroatoms. The number of hydrogen-bond acceptors (Lipinski definition) is 4. The van der Waals surface area contributed by atoms with E-state index in [0.717, 1.165) is 24.6 Å². The molecule has 0 saturated carbocycles. The fourth-order valence-electron chi connectivity index (χ4n) is 2.78. The average Bonchev–Trinajstić information content (AvgIpc) is 3.25. The van der Waals surface area contributed by atoms with E-state index in [1.807, 2.05) is 17.0 Å². The molecule has 0 spiro atoms. The van der Waals surface area contributed by atoms with Gasteiger partial charge in [-0.25, -0.2) is 13.1 Å². The molecule has 0 aromatic carbocycles. The van der Waals surface area contributed by atoms with Gasteiger partial charge in [0.05, 0.1) is 11.5 Å². The Bertz CT molecular complexity index is 649. The molecule has 0 radical (unpaired) electrons. The van der Waals surface area contributed by atoms with Gasteiger partial charge in [-0.2, -0.15) is 0 Å². The van der Waals surface area contributed by atoms with Crippen LogP contribution in [-0.2, 0) is 16.4 Å². The maximum absolute atomic E-state index is 12.2. The van der Waals surface area contributed by atoms with Crippen LogP contribution in [0.2, 0.25) is 0 Å². The predicted octanol–water partition coefficient (Wildman–Crippen LogP) is 2.20. The second kappa shape index (κ2) is 11.1. The quantitative estimate of drug-likeness (QED) is 0.326. The van der Waals surface area contributed by atoms with Gasteiger partial charge < -0.3 is 14.6 Å². The molecule has 1 aliphatic heterocycles. The third-order valence-corrected chi connectivity index (χ3v) is 6.37. The topological polar surface area (TPSA) is 86.9 Å². The average molecular weight is 498 g/mol. The van der Waals surface area contributed by atoms with Crippen molar-refractivity contribution in [2.24, 2.45) is 4.99 Å². The zero-order valence-corrected chi connectivity index (χ0v) is 18.9. The summed E-state index contributed by atoms with van der Waals surface area (Å²) < 4.78 is 32.4. The largest absolute Gasteiger partial charge is 0.469 e. The van der Waals surface area contributed by atoms with Gasteiger partial charge in [-0.1, -0.05) is 13.8 Å². The fourth-order valence-corrected chi connectivity index (χ4v) is 4.21. The molecule has 1 aliphatic rings. The monoisotopic (exact) mass is 498 g/mol. The molecule has 7 nitrogen and oxygen atoms in total. The van der Waals surface area contributed by atoms with Gasteiger partial charge in [-0.05, 0) is 31.9 Å². The summed E-state index contributed by atoms with van der Waals surface area (Å²) in [6, 6.07) is 4.09. The third-order valence-electron chi connectivity index (χ3n) is 4.42. The van der Waals surface area contributed by atoms with Crippen LogP contribution in [0.15, 0.2) is 27.8 Å². The van der Waals surface area contributed by atoms with Gasteiger partial charge in [-0.15, -0.1) is 24.0 Å². The number of rotatable bonds is 8. The van der Waals surface area contributed by atoms with E-state index in [1.165, 1.54) is 0 Å². The predicted molar refractivity (Wildman–Crippen MR) is 116 cm³/mol. The molecule has 2 unspecified atom stereocenters. The Morgan fingerprint density at radius 3 is 2.85 bits per heavy atom. The van der Waals surface area contributed by atoms with E-state index in [2.05, 4.69) is 28.9 Å². The number of nitrogens with one attached hydrogen (secondary N) is 2. The first-order valence-corrected chi connectivity index (χ1v) is 10.6. The Labute approximate surface area is 174 Å². The maximum Gasteiger partial charge on any atom is 0.216 e. The highest BCUT2D eigenvalue weighted by molar-refractivity contribution is 14.0. The summed E-state index contributed by atoms with van der Waals surface area (Å²) in [6.45, 7) is 8.21. The van der Waals surface area contributed by atoms with E-state index in [0.29, 0.717) is 32.6 Å². The lowest BCUT2D eigenvalue weighted by Crippen LogP contribution is -2.45. The van der Waals surface area contributed by atoms with Crippen molar-refractivity contribution in [2.45, 2.75) is 51.3 Å². The van der Waals surface area contributed by atoms with E-state index in [1.54, 1.807) is 13.2 Å². The van der Waals surface area contributed by atoms with Crippen LogP contribution >= 0.6 is 24.0 Å². The Morgan fingerprint density at radius 2 is 2.23 bits per heavy atom. The molecule has 0 amide bonds. The minimum atomic E-state index is -3.26. The van der Waals surface area contributed by atoms with E-state index in [-0.39, 0.29) is 35.3 Å². The molecule has 2 N–H and O–H groups in total. The highest BCUT2D eigenvalue weighted by atomic mass is 127. The Morgan fingerprint density at radius 1 is 1.46 bits per heavy atom. The van der Waals surface area contributed by atoms with Crippen molar-refractivity contribution in [1.82, 2.24) is 14.9 Å². The highest BCUT2D eigenvalue weighted by Crippen LogP contribution is 2.16. The number of furan rings is 1. The maximum atomic E-state index is 12.2.